The lowest BCUT2D eigenvalue weighted by Gasteiger charge is -2.35. The standard InChI is InChI=1S/C27H57N5O4/c1-6-27(5,7-16-35-20-25(33)18-29-9-8-28)22-36-21-26(34)19-32-14-12-31(13-15-32)11-10-30-24(4)17-23(2)3/h23,25-26,29,33-34H,6-22,28H2,1-5H3/t25?,26?,27-/m1/s1. The van der Waals surface area contributed by atoms with Gasteiger partial charge in [0.1, 0.15) is 0 Å². The Morgan fingerprint density at radius 2 is 1.75 bits per heavy atom. The normalized spacial score (nSPS) is 19.5. The van der Waals surface area contributed by atoms with E-state index in [2.05, 4.69) is 49.7 Å². The molecule has 0 aliphatic carbocycles. The second-order valence-electron chi connectivity index (χ2n) is 11.2. The average Bonchev–Trinajstić information content (AvgIpc) is 2.82. The number of rotatable bonds is 21. The van der Waals surface area contributed by atoms with Gasteiger partial charge in [-0.15, -0.1) is 0 Å². The number of nitrogens with zero attached hydrogens (tertiary/aromatic N) is 3. The van der Waals surface area contributed by atoms with Crippen LogP contribution in [0.25, 0.3) is 0 Å². The maximum Gasteiger partial charge on any atom is 0.0900 e. The summed E-state index contributed by atoms with van der Waals surface area (Å²) in [6.45, 7) is 21.1. The highest BCUT2D eigenvalue weighted by Gasteiger charge is 2.24. The summed E-state index contributed by atoms with van der Waals surface area (Å²) in [5.41, 5.74) is 6.68. The monoisotopic (exact) mass is 515 g/mol. The Hall–Kier alpha value is -0.650. The van der Waals surface area contributed by atoms with Gasteiger partial charge < -0.3 is 30.7 Å². The zero-order valence-corrected chi connectivity index (χ0v) is 23.9. The zero-order valence-electron chi connectivity index (χ0n) is 23.9. The highest BCUT2D eigenvalue weighted by Crippen LogP contribution is 2.26. The lowest BCUT2D eigenvalue weighted by atomic mass is 9.85. The number of aliphatic hydroxyl groups is 2. The van der Waals surface area contributed by atoms with Gasteiger partial charge in [0.15, 0.2) is 0 Å². The molecule has 0 bridgehead atoms. The molecule has 214 valence electrons. The number of aliphatic hydroxyl groups excluding tert-OH is 2. The lowest BCUT2D eigenvalue weighted by molar-refractivity contribution is -0.0329. The topological polar surface area (TPSA) is 116 Å². The number of β-amino-alcohol motifs (C(OH)–C–C–N with tert-alkyl or cyclic N) is 1. The predicted molar refractivity (Wildman–Crippen MR) is 149 cm³/mol. The van der Waals surface area contributed by atoms with Crippen molar-refractivity contribution in [3.8, 4) is 0 Å². The van der Waals surface area contributed by atoms with Crippen LogP contribution in [-0.2, 0) is 9.47 Å². The van der Waals surface area contributed by atoms with E-state index in [4.69, 9.17) is 20.2 Å². The highest BCUT2D eigenvalue weighted by molar-refractivity contribution is 5.82. The van der Waals surface area contributed by atoms with Crippen molar-refractivity contribution in [3.05, 3.63) is 0 Å². The number of hydrogen-bond donors (Lipinski definition) is 4. The molecule has 0 aromatic carbocycles. The van der Waals surface area contributed by atoms with Gasteiger partial charge in [-0.3, -0.25) is 14.8 Å². The largest absolute Gasteiger partial charge is 0.389 e. The number of piperazine rings is 1. The van der Waals surface area contributed by atoms with Crippen molar-refractivity contribution < 1.29 is 19.7 Å². The van der Waals surface area contributed by atoms with E-state index in [1.165, 1.54) is 5.71 Å². The highest BCUT2D eigenvalue weighted by atomic mass is 16.5. The van der Waals surface area contributed by atoms with E-state index < -0.39 is 12.2 Å². The Balaban J connectivity index is 2.17. The summed E-state index contributed by atoms with van der Waals surface area (Å²) in [4.78, 5) is 9.51. The number of ether oxygens (including phenoxy) is 2. The molecule has 2 unspecified atom stereocenters. The molecule has 5 N–H and O–H groups in total. The SMILES string of the molecule is CC[C@](C)(CCOCC(O)CNCCN)COCC(O)CN1CCN(CCN=C(C)CC(C)C)CC1. The fraction of sp³-hybridized carbons (Fsp3) is 0.963. The quantitative estimate of drug-likeness (QED) is 0.133. The Bertz CT molecular complexity index is 572. The Morgan fingerprint density at radius 1 is 1.08 bits per heavy atom. The average molecular weight is 516 g/mol. The van der Waals surface area contributed by atoms with E-state index in [1.54, 1.807) is 0 Å². The van der Waals surface area contributed by atoms with Crippen LogP contribution in [0.15, 0.2) is 4.99 Å². The summed E-state index contributed by atoms with van der Waals surface area (Å²) in [5.74, 6) is 0.664. The summed E-state index contributed by atoms with van der Waals surface area (Å²) >= 11 is 0. The van der Waals surface area contributed by atoms with Gasteiger partial charge in [-0.25, -0.2) is 0 Å². The van der Waals surface area contributed by atoms with E-state index in [-0.39, 0.29) is 5.41 Å². The first kappa shape index (κ1) is 33.4. The predicted octanol–water partition coefficient (Wildman–Crippen LogP) is 1.22. The third-order valence-corrected chi connectivity index (χ3v) is 6.91. The molecule has 1 rings (SSSR count). The van der Waals surface area contributed by atoms with Crippen LogP contribution in [0.5, 0.6) is 0 Å². The summed E-state index contributed by atoms with van der Waals surface area (Å²) in [7, 11) is 0. The van der Waals surface area contributed by atoms with E-state index in [0.717, 1.165) is 58.5 Å². The number of nitrogens with one attached hydrogen (secondary N) is 1. The third kappa shape index (κ3) is 16.2. The first-order chi connectivity index (χ1) is 17.2. The first-order valence-corrected chi connectivity index (χ1v) is 14.0. The molecule has 1 fully saturated rings. The molecule has 3 atom stereocenters. The lowest BCUT2D eigenvalue weighted by Crippen LogP contribution is -2.49. The minimum Gasteiger partial charge on any atom is -0.389 e. The second kappa shape index (κ2) is 19.4. The van der Waals surface area contributed by atoms with Crippen molar-refractivity contribution in [1.82, 2.24) is 15.1 Å². The van der Waals surface area contributed by atoms with Gasteiger partial charge in [0.25, 0.3) is 0 Å². The molecule has 9 heteroatoms. The van der Waals surface area contributed by atoms with Gasteiger partial charge in [0, 0.05) is 71.2 Å². The zero-order chi connectivity index (χ0) is 26.8. The molecule has 0 aromatic rings. The molecule has 0 amide bonds. The van der Waals surface area contributed by atoms with Gasteiger partial charge in [0.2, 0.25) is 0 Å². The maximum absolute atomic E-state index is 10.5. The fourth-order valence-electron chi connectivity index (χ4n) is 4.34. The minimum atomic E-state index is -0.523. The van der Waals surface area contributed by atoms with E-state index in [9.17, 15) is 10.2 Å². The molecule has 36 heavy (non-hydrogen) atoms. The molecule has 0 aromatic heterocycles. The van der Waals surface area contributed by atoms with Gasteiger partial charge in [-0.1, -0.05) is 27.7 Å². The van der Waals surface area contributed by atoms with Gasteiger partial charge in [-0.05, 0) is 37.5 Å². The van der Waals surface area contributed by atoms with Crippen LogP contribution in [-0.4, -0.2) is 130 Å². The third-order valence-electron chi connectivity index (χ3n) is 6.91. The Morgan fingerprint density at radius 3 is 2.39 bits per heavy atom. The van der Waals surface area contributed by atoms with Crippen molar-refractivity contribution in [2.45, 2.75) is 66.1 Å². The van der Waals surface area contributed by atoms with Crippen LogP contribution in [0.3, 0.4) is 0 Å². The summed E-state index contributed by atoms with van der Waals surface area (Å²) in [6.07, 6.45) is 1.90. The molecule has 1 saturated heterocycles. The molecule has 9 nitrogen and oxygen atoms in total. The summed E-state index contributed by atoms with van der Waals surface area (Å²) < 4.78 is 11.6. The van der Waals surface area contributed by atoms with E-state index in [0.29, 0.717) is 58.5 Å². The molecule has 1 aliphatic heterocycles. The molecular weight excluding hydrogens is 458 g/mol. The second-order valence-corrected chi connectivity index (χ2v) is 11.2. The summed E-state index contributed by atoms with van der Waals surface area (Å²) in [5, 5.41) is 23.5. The van der Waals surface area contributed by atoms with E-state index >= 15 is 0 Å². The number of hydrogen-bond acceptors (Lipinski definition) is 9. The van der Waals surface area contributed by atoms with Crippen molar-refractivity contribution >= 4 is 5.71 Å². The Labute approximate surface area is 220 Å². The van der Waals surface area contributed by atoms with Crippen molar-refractivity contribution in [1.29, 1.82) is 0 Å². The minimum absolute atomic E-state index is 0.00982. The first-order valence-electron chi connectivity index (χ1n) is 14.0. The van der Waals surface area contributed by atoms with Crippen LogP contribution in [0.1, 0.15) is 53.9 Å². The van der Waals surface area contributed by atoms with Crippen LogP contribution in [0, 0.1) is 11.3 Å². The Kier molecular flexibility index (Phi) is 18.0. The van der Waals surface area contributed by atoms with Crippen molar-refractivity contribution in [2.24, 2.45) is 22.1 Å². The molecule has 1 heterocycles. The van der Waals surface area contributed by atoms with E-state index in [1.807, 2.05) is 0 Å². The van der Waals surface area contributed by atoms with Crippen LogP contribution >= 0.6 is 0 Å². The van der Waals surface area contributed by atoms with Gasteiger partial charge in [-0.2, -0.15) is 0 Å². The molecule has 0 saturated carbocycles. The number of nitrogens with two attached hydrogens (primary N) is 1. The fourth-order valence-corrected chi connectivity index (χ4v) is 4.34. The van der Waals surface area contributed by atoms with Crippen molar-refractivity contribution in [3.63, 3.8) is 0 Å². The molecule has 0 spiro atoms. The molecular formula is C27H57N5O4. The molecule has 0 radical (unpaired) electrons. The number of aliphatic imine (C=N–C) groups is 1. The smallest absolute Gasteiger partial charge is 0.0900 e. The van der Waals surface area contributed by atoms with Crippen LogP contribution in [0.2, 0.25) is 0 Å². The van der Waals surface area contributed by atoms with Gasteiger partial charge >= 0.3 is 0 Å². The summed E-state index contributed by atoms with van der Waals surface area (Å²) in [6, 6.07) is 0. The maximum atomic E-state index is 10.5. The van der Waals surface area contributed by atoms with Crippen LogP contribution < -0.4 is 11.1 Å². The molecule has 1 aliphatic rings. The van der Waals surface area contributed by atoms with Crippen molar-refractivity contribution in [2.75, 3.05) is 91.9 Å². The van der Waals surface area contributed by atoms with Crippen LogP contribution in [0.4, 0.5) is 0 Å². The van der Waals surface area contributed by atoms with Gasteiger partial charge in [0.05, 0.1) is 38.6 Å².